The highest BCUT2D eigenvalue weighted by Crippen LogP contribution is 2.14. The summed E-state index contributed by atoms with van der Waals surface area (Å²) in [6.45, 7) is 3.68. The van der Waals surface area contributed by atoms with Crippen molar-refractivity contribution in [2.45, 2.75) is 31.7 Å². The normalized spacial score (nSPS) is 38.0. The molecule has 9 heavy (non-hydrogen) atoms. The van der Waals surface area contributed by atoms with Gasteiger partial charge in [-0.05, 0) is 26.2 Å². The second kappa shape index (κ2) is 2.67. The van der Waals surface area contributed by atoms with Crippen LogP contribution in [0.2, 0.25) is 0 Å². The number of hydrogen-bond acceptors (Lipinski definition) is 2. The number of nitrogens with two attached hydrogens (primary N) is 1. The summed E-state index contributed by atoms with van der Waals surface area (Å²) in [6.07, 6.45) is 3.49. The zero-order valence-corrected chi connectivity index (χ0v) is 6.02. The van der Waals surface area contributed by atoms with Gasteiger partial charge in [-0.25, -0.2) is 0 Å². The molecule has 1 atom stereocenters. The molecule has 0 saturated carbocycles. The molecule has 1 aliphatic rings. The fourth-order valence-electron chi connectivity index (χ4n) is 1.11. The maximum Gasteiger partial charge on any atom is 0.0643 e. The first-order valence-electron chi connectivity index (χ1n) is 3.57. The summed E-state index contributed by atoms with van der Waals surface area (Å²) in [5.74, 6) is 0. The van der Waals surface area contributed by atoms with Crippen LogP contribution in [0, 0.1) is 0 Å². The average Bonchev–Trinajstić information content (AvgIpc) is 1.92. The smallest absolute Gasteiger partial charge is 0.0643 e. The molecule has 1 unspecified atom stereocenters. The van der Waals surface area contributed by atoms with Crippen molar-refractivity contribution < 1.29 is 4.74 Å². The molecule has 1 rings (SSSR count). The van der Waals surface area contributed by atoms with Gasteiger partial charge < -0.3 is 10.5 Å². The molecule has 2 nitrogen and oxygen atoms in total. The monoisotopic (exact) mass is 129 g/mol. The maximum absolute atomic E-state index is 5.85. The lowest BCUT2D eigenvalue weighted by molar-refractivity contribution is 0.108. The molecule has 0 aromatic carbocycles. The van der Waals surface area contributed by atoms with Gasteiger partial charge in [0.15, 0.2) is 0 Å². The van der Waals surface area contributed by atoms with E-state index in [9.17, 15) is 0 Å². The van der Waals surface area contributed by atoms with Gasteiger partial charge in [0.1, 0.15) is 0 Å². The minimum Gasteiger partial charge on any atom is -0.380 e. The molecule has 0 spiro atoms. The highest BCUT2D eigenvalue weighted by Gasteiger charge is 2.19. The van der Waals surface area contributed by atoms with Crippen LogP contribution >= 0.6 is 0 Å². The Morgan fingerprint density at radius 3 is 3.00 bits per heavy atom. The van der Waals surface area contributed by atoms with E-state index < -0.39 is 0 Å². The minimum atomic E-state index is -0.0590. The predicted octanol–water partition coefficient (Wildman–Crippen LogP) is 0.904. The average molecular weight is 129 g/mol. The lowest BCUT2D eigenvalue weighted by Crippen LogP contribution is -2.39. The van der Waals surface area contributed by atoms with E-state index in [4.69, 9.17) is 10.5 Å². The van der Waals surface area contributed by atoms with E-state index in [1.54, 1.807) is 0 Å². The molecule has 0 amide bonds. The third-order valence-electron chi connectivity index (χ3n) is 1.72. The highest BCUT2D eigenvalue weighted by atomic mass is 16.5. The summed E-state index contributed by atoms with van der Waals surface area (Å²) in [5, 5.41) is 0. The summed E-state index contributed by atoms with van der Waals surface area (Å²) in [7, 11) is 0. The van der Waals surface area contributed by atoms with Crippen LogP contribution in [0.25, 0.3) is 0 Å². The first-order chi connectivity index (χ1) is 4.21. The number of ether oxygens (including phenoxy) is 1. The van der Waals surface area contributed by atoms with Crippen molar-refractivity contribution in [3.63, 3.8) is 0 Å². The molecule has 1 saturated heterocycles. The van der Waals surface area contributed by atoms with Crippen molar-refractivity contribution in [2.75, 3.05) is 13.2 Å². The van der Waals surface area contributed by atoms with Gasteiger partial charge in [0.25, 0.3) is 0 Å². The fraction of sp³-hybridized carbons (Fsp3) is 1.00. The molecule has 1 aliphatic heterocycles. The molecule has 2 heteroatoms. The molecule has 0 bridgehead atoms. The second-order valence-electron chi connectivity index (χ2n) is 3.16. The quantitative estimate of drug-likeness (QED) is 0.527. The molecular formula is C7H15NO. The van der Waals surface area contributed by atoms with Gasteiger partial charge in [-0.2, -0.15) is 0 Å². The van der Waals surface area contributed by atoms with Crippen LogP contribution in [0.5, 0.6) is 0 Å². The van der Waals surface area contributed by atoms with E-state index in [0.29, 0.717) is 0 Å². The zero-order valence-electron chi connectivity index (χ0n) is 6.02. The molecule has 1 heterocycles. The molecule has 0 aromatic rings. The topological polar surface area (TPSA) is 35.2 Å². The molecule has 0 radical (unpaired) electrons. The van der Waals surface area contributed by atoms with E-state index in [1.807, 2.05) is 0 Å². The van der Waals surface area contributed by atoms with Gasteiger partial charge >= 0.3 is 0 Å². The summed E-state index contributed by atoms with van der Waals surface area (Å²) in [4.78, 5) is 0. The Hall–Kier alpha value is -0.0800. The molecule has 1 fully saturated rings. The second-order valence-corrected chi connectivity index (χ2v) is 3.16. The van der Waals surface area contributed by atoms with E-state index in [-0.39, 0.29) is 5.54 Å². The minimum absolute atomic E-state index is 0.0590. The van der Waals surface area contributed by atoms with E-state index in [0.717, 1.165) is 19.6 Å². The van der Waals surface area contributed by atoms with Gasteiger partial charge in [0, 0.05) is 12.1 Å². The Balaban J connectivity index is 2.36. The van der Waals surface area contributed by atoms with Crippen LogP contribution in [0.3, 0.4) is 0 Å². The largest absolute Gasteiger partial charge is 0.380 e. The standard InChI is InChI=1S/C7H15NO/c1-7(8)4-2-3-5-9-6-7/h2-6,8H2,1H3. The third kappa shape index (κ3) is 2.33. The van der Waals surface area contributed by atoms with Crippen molar-refractivity contribution in [1.29, 1.82) is 0 Å². The third-order valence-corrected chi connectivity index (χ3v) is 1.72. The predicted molar refractivity (Wildman–Crippen MR) is 37.3 cm³/mol. The van der Waals surface area contributed by atoms with Gasteiger partial charge in [-0.3, -0.25) is 0 Å². The lowest BCUT2D eigenvalue weighted by Gasteiger charge is -2.20. The van der Waals surface area contributed by atoms with E-state index >= 15 is 0 Å². The molecule has 0 aromatic heterocycles. The van der Waals surface area contributed by atoms with Crippen LogP contribution < -0.4 is 5.73 Å². The molecule has 54 valence electrons. The maximum atomic E-state index is 5.85. The van der Waals surface area contributed by atoms with Crippen LogP contribution in [0.4, 0.5) is 0 Å². The van der Waals surface area contributed by atoms with Crippen LogP contribution in [-0.4, -0.2) is 18.8 Å². The van der Waals surface area contributed by atoms with E-state index in [2.05, 4.69) is 6.92 Å². The van der Waals surface area contributed by atoms with Gasteiger partial charge in [0.2, 0.25) is 0 Å². The fourth-order valence-corrected chi connectivity index (χ4v) is 1.11. The first kappa shape index (κ1) is 7.03. The summed E-state index contributed by atoms with van der Waals surface area (Å²) < 4.78 is 5.28. The molecule has 2 N–H and O–H groups in total. The Morgan fingerprint density at radius 2 is 2.22 bits per heavy atom. The number of hydrogen-bond donors (Lipinski definition) is 1. The Labute approximate surface area is 56.4 Å². The van der Waals surface area contributed by atoms with Crippen LogP contribution in [0.1, 0.15) is 26.2 Å². The summed E-state index contributed by atoms with van der Waals surface area (Å²) in [6, 6.07) is 0. The van der Waals surface area contributed by atoms with Crippen molar-refractivity contribution in [2.24, 2.45) is 5.73 Å². The van der Waals surface area contributed by atoms with Crippen molar-refractivity contribution in [3.05, 3.63) is 0 Å². The van der Waals surface area contributed by atoms with Crippen molar-refractivity contribution in [3.8, 4) is 0 Å². The Kier molecular flexibility index (Phi) is 2.09. The SMILES string of the molecule is CC1(N)CCCCOC1. The summed E-state index contributed by atoms with van der Waals surface area (Å²) in [5.41, 5.74) is 5.79. The molecular weight excluding hydrogens is 114 g/mol. The van der Waals surface area contributed by atoms with Gasteiger partial charge in [-0.15, -0.1) is 0 Å². The summed E-state index contributed by atoms with van der Waals surface area (Å²) >= 11 is 0. The van der Waals surface area contributed by atoms with Crippen molar-refractivity contribution in [1.82, 2.24) is 0 Å². The molecule has 0 aliphatic carbocycles. The van der Waals surface area contributed by atoms with Gasteiger partial charge in [0.05, 0.1) is 6.61 Å². The van der Waals surface area contributed by atoms with Crippen LogP contribution in [0.15, 0.2) is 0 Å². The van der Waals surface area contributed by atoms with Crippen LogP contribution in [-0.2, 0) is 4.74 Å². The first-order valence-corrected chi connectivity index (χ1v) is 3.57. The Morgan fingerprint density at radius 1 is 1.44 bits per heavy atom. The highest BCUT2D eigenvalue weighted by molar-refractivity contribution is 4.79. The van der Waals surface area contributed by atoms with Gasteiger partial charge in [-0.1, -0.05) is 0 Å². The zero-order chi connectivity index (χ0) is 6.74. The van der Waals surface area contributed by atoms with Crippen molar-refractivity contribution >= 4 is 0 Å². The van der Waals surface area contributed by atoms with E-state index in [1.165, 1.54) is 12.8 Å². The lowest BCUT2D eigenvalue weighted by atomic mass is 9.99. The Bertz CT molecular complexity index is 80.9. The number of rotatable bonds is 0.